The Morgan fingerprint density at radius 2 is 1.80 bits per heavy atom. The summed E-state index contributed by atoms with van der Waals surface area (Å²) in [5, 5.41) is 20.5. The van der Waals surface area contributed by atoms with Gasteiger partial charge in [-0.05, 0) is 29.5 Å². The van der Waals surface area contributed by atoms with Crippen LogP contribution in [0, 0.1) is 0 Å². The third-order valence-corrected chi connectivity index (χ3v) is 5.67. The number of hydrogen-bond acceptors (Lipinski definition) is 4. The van der Waals surface area contributed by atoms with Gasteiger partial charge < -0.3 is 21.1 Å². The van der Waals surface area contributed by atoms with E-state index in [4.69, 9.17) is 0 Å². The number of benzene rings is 2. The predicted octanol–water partition coefficient (Wildman–Crippen LogP) is 3.08. The Labute approximate surface area is 197 Å². The van der Waals surface area contributed by atoms with E-state index in [1.54, 1.807) is 18.4 Å². The number of aliphatic hydroxyl groups is 1. The molecule has 30 heavy (non-hydrogen) atoms. The number of carbonyl (C=O) groups excluding carboxylic acids is 1. The van der Waals surface area contributed by atoms with Crippen molar-refractivity contribution in [3.63, 3.8) is 0 Å². The van der Waals surface area contributed by atoms with Gasteiger partial charge in [-0.2, -0.15) is 0 Å². The van der Waals surface area contributed by atoms with E-state index in [2.05, 4.69) is 20.9 Å². The zero-order valence-corrected chi connectivity index (χ0v) is 19.9. The van der Waals surface area contributed by atoms with E-state index < -0.39 is 6.10 Å². The minimum Gasteiger partial charge on any atom is -0.386 e. The summed E-state index contributed by atoms with van der Waals surface area (Å²) in [5.41, 5.74) is 1.19. The fourth-order valence-corrected chi connectivity index (χ4v) is 3.95. The van der Waals surface area contributed by atoms with Crippen LogP contribution in [0.25, 0.3) is 10.1 Å². The first-order valence-corrected chi connectivity index (χ1v) is 10.4. The fourth-order valence-electron chi connectivity index (χ4n) is 2.90. The summed E-state index contributed by atoms with van der Waals surface area (Å²) in [6.07, 6.45) is 0.145. The van der Waals surface area contributed by atoms with Crippen molar-refractivity contribution < 1.29 is 9.90 Å². The number of fused-ring (bicyclic) bond motifs is 1. The van der Waals surface area contributed by atoms with Crippen LogP contribution in [-0.4, -0.2) is 43.7 Å². The van der Waals surface area contributed by atoms with Gasteiger partial charge in [-0.25, -0.2) is 0 Å². The molecule has 160 valence electrons. The number of hydrogen-bond donors (Lipinski definition) is 4. The van der Waals surface area contributed by atoms with E-state index in [0.29, 0.717) is 19.0 Å². The summed E-state index contributed by atoms with van der Waals surface area (Å²) in [6.45, 7) is 1.01. The number of halogens is 1. The summed E-state index contributed by atoms with van der Waals surface area (Å²) >= 11 is 1.58. The normalized spacial score (nSPS) is 12.1. The third-order valence-electron chi connectivity index (χ3n) is 4.45. The third kappa shape index (κ3) is 7.26. The highest BCUT2D eigenvalue weighted by atomic mass is 127. The molecule has 3 aromatic rings. The minimum absolute atomic E-state index is 0. The molecule has 1 heterocycles. The summed E-state index contributed by atoms with van der Waals surface area (Å²) < 4.78 is 1.15. The van der Waals surface area contributed by atoms with Crippen LogP contribution in [0.3, 0.4) is 0 Å². The molecule has 0 fully saturated rings. The topological polar surface area (TPSA) is 85.8 Å². The van der Waals surface area contributed by atoms with Crippen LogP contribution >= 0.6 is 35.3 Å². The molecule has 4 N–H and O–H groups in total. The largest absolute Gasteiger partial charge is 0.386 e. The van der Waals surface area contributed by atoms with Crippen LogP contribution < -0.4 is 16.0 Å². The second-order valence-corrected chi connectivity index (χ2v) is 7.71. The molecule has 1 atom stereocenters. The Kier molecular flexibility index (Phi) is 10.0. The zero-order chi connectivity index (χ0) is 20.5. The van der Waals surface area contributed by atoms with Gasteiger partial charge in [0.05, 0.1) is 6.54 Å². The first kappa shape index (κ1) is 24.1. The van der Waals surface area contributed by atoms with E-state index in [0.717, 1.165) is 21.4 Å². The molecule has 0 aliphatic rings. The molecule has 2 aromatic carbocycles. The average molecular weight is 538 g/mol. The quantitative estimate of drug-likeness (QED) is 0.202. The molecule has 0 bridgehead atoms. The van der Waals surface area contributed by atoms with Crippen LogP contribution in [0.5, 0.6) is 0 Å². The minimum atomic E-state index is -0.648. The molecular weight excluding hydrogens is 511 g/mol. The number of carbonyl (C=O) groups is 1. The number of nitrogens with zero attached hydrogens (tertiary/aromatic N) is 1. The van der Waals surface area contributed by atoms with Gasteiger partial charge in [-0.1, -0.05) is 48.5 Å². The standard InChI is InChI=1S/C22H26N4O2S.HI/c1-23-22(26-15-21(28)24-12-11-16-7-3-2-4-8-16)25-14-18(27)20-13-17-9-5-6-10-19(17)29-20;/h2-10,13,18,27H,11-12,14-15H2,1H3,(H,24,28)(H2,23,25,26);1H. The second-order valence-electron chi connectivity index (χ2n) is 6.59. The second kappa shape index (κ2) is 12.5. The van der Waals surface area contributed by atoms with E-state index >= 15 is 0 Å². The maximum Gasteiger partial charge on any atom is 0.239 e. The van der Waals surface area contributed by atoms with Crippen LogP contribution in [0.1, 0.15) is 16.5 Å². The number of thiophene rings is 1. The Hall–Kier alpha value is -2.17. The maximum absolute atomic E-state index is 12.0. The maximum atomic E-state index is 12.0. The number of aliphatic imine (C=N–C) groups is 1. The molecule has 0 spiro atoms. The molecular formula is C22H27IN4O2S. The number of nitrogens with one attached hydrogen (secondary N) is 3. The van der Waals surface area contributed by atoms with E-state index in [9.17, 15) is 9.90 Å². The lowest BCUT2D eigenvalue weighted by Gasteiger charge is -2.14. The zero-order valence-electron chi connectivity index (χ0n) is 16.8. The SMILES string of the molecule is CN=C(NCC(=O)NCCc1ccccc1)NCC(O)c1cc2ccccc2s1.I. The first-order chi connectivity index (χ1) is 14.2. The average Bonchev–Trinajstić information content (AvgIpc) is 3.19. The Bertz CT molecular complexity index is 929. The van der Waals surface area contributed by atoms with Gasteiger partial charge in [-0.3, -0.25) is 9.79 Å². The molecule has 1 aromatic heterocycles. The molecule has 0 aliphatic heterocycles. The highest BCUT2D eigenvalue weighted by Crippen LogP contribution is 2.29. The van der Waals surface area contributed by atoms with Crippen molar-refractivity contribution in [2.45, 2.75) is 12.5 Å². The molecule has 0 saturated carbocycles. The molecule has 6 nitrogen and oxygen atoms in total. The van der Waals surface area contributed by atoms with Gasteiger partial charge in [-0.15, -0.1) is 35.3 Å². The van der Waals surface area contributed by atoms with Crippen molar-refractivity contribution in [3.8, 4) is 0 Å². The van der Waals surface area contributed by atoms with Crippen molar-refractivity contribution in [3.05, 3.63) is 71.1 Å². The summed E-state index contributed by atoms with van der Waals surface area (Å²) in [4.78, 5) is 17.0. The van der Waals surface area contributed by atoms with Gasteiger partial charge in [0.15, 0.2) is 5.96 Å². The lowest BCUT2D eigenvalue weighted by atomic mass is 10.1. The number of rotatable bonds is 8. The first-order valence-electron chi connectivity index (χ1n) is 9.57. The molecule has 0 aliphatic carbocycles. The molecule has 0 radical (unpaired) electrons. The molecule has 3 rings (SSSR count). The van der Waals surface area contributed by atoms with E-state index in [1.165, 1.54) is 5.56 Å². The van der Waals surface area contributed by atoms with Crippen molar-refractivity contribution >= 4 is 57.3 Å². The Morgan fingerprint density at radius 1 is 1.07 bits per heavy atom. The fraction of sp³-hybridized carbons (Fsp3) is 0.273. The van der Waals surface area contributed by atoms with Crippen LogP contribution in [-0.2, 0) is 11.2 Å². The van der Waals surface area contributed by atoms with Gasteiger partial charge in [0.2, 0.25) is 5.91 Å². The molecule has 1 amide bonds. The smallest absolute Gasteiger partial charge is 0.239 e. The Balaban J connectivity index is 0.00000320. The highest BCUT2D eigenvalue weighted by Gasteiger charge is 2.12. The van der Waals surface area contributed by atoms with Gasteiger partial charge in [0, 0.05) is 29.7 Å². The predicted molar refractivity (Wildman–Crippen MR) is 135 cm³/mol. The van der Waals surface area contributed by atoms with Crippen LogP contribution in [0.4, 0.5) is 0 Å². The highest BCUT2D eigenvalue weighted by molar-refractivity contribution is 14.0. The summed E-state index contributed by atoms with van der Waals surface area (Å²) in [5.74, 6) is 0.373. The van der Waals surface area contributed by atoms with E-state index in [1.807, 2.05) is 60.7 Å². The molecule has 0 saturated heterocycles. The number of guanidine groups is 1. The lowest BCUT2D eigenvalue weighted by molar-refractivity contribution is -0.119. The van der Waals surface area contributed by atoms with Gasteiger partial charge in [0.1, 0.15) is 6.10 Å². The summed E-state index contributed by atoms with van der Waals surface area (Å²) in [6, 6.07) is 20.1. The van der Waals surface area contributed by atoms with Crippen LogP contribution in [0.15, 0.2) is 65.7 Å². The van der Waals surface area contributed by atoms with Crippen molar-refractivity contribution in [2.24, 2.45) is 4.99 Å². The lowest BCUT2D eigenvalue weighted by Crippen LogP contribution is -2.44. The molecule has 8 heteroatoms. The number of amides is 1. The van der Waals surface area contributed by atoms with Crippen molar-refractivity contribution in [1.29, 1.82) is 0 Å². The van der Waals surface area contributed by atoms with Crippen LogP contribution in [0.2, 0.25) is 0 Å². The van der Waals surface area contributed by atoms with Crippen molar-refractivity contribution in [2.75, 3.05) is 26.7 Å². The van der Waals surface area contributed by atoms with Crippen molar-refractivity contribution in [1.82, 2.24) is 16.0 Å². The summed E-state index contributed by atoms with van der Waals surface area (Å²) in [7, 11) is 1.63. The monoisotopic (exact) mass is 538 g/mol. The van der Waals surface area contributed by atoms with Gasteiger partial charge in [0.25, 0.3) is 0 Å². The molecule has 1 unspecified atom stereocenters. The van der Waals surface area contributed by atoms with Gasteiger partial charge >= 0.3 is 0 Å². The Morgan fingerprint density at radius 3 is 2.53 bits per heavy atom. The van der Waals surface area contributed by atoms with E-state index in [-0.39, 0.29) is 36.4 Å². The number of aliphatic hydroxyl groups excluding tert-OH is 1.